The number of para-hydroxylation sites is 3. The zero-order valence-corrected chi connectivity index (χ0v) is 20.3. The first kappa shape index (κ1) is 20.7. The number of aryl methyl sites for hydroxylation is 2. The van der Waals surface area contributed by atoms with Crippen LogP contribution in [0.2, 0.25) is 0 Å². The van der Waals surface area contributed by atoms with E-state index in [1.807, 2.05) is 12.1 Å². The largest absolute Gasteiger partial charge is 0.455 e. The Balaban J connectivity index is 1.50. The van der Waals surface area contributed by atoms with Crippen LogP contribution in [0.4, 0.5) is 0 Å². The highest BCUT2D eigenvalue weighted by Crippen LogP contribution is 2.36. The van der Waals surface area contributed by atoms with E-state index in [0.29, 0.717) is 0 Å². The SMILES string of the molecule is Cc1cc(C)cc(-n2c[n+](-c3ccccc3)c3cc(-c4cccc5c4oc4ccccc45)ccc32)c1. The van der Waals surface area contributed by atoms with Gasteiger partial charge in [0.25, 0.3) is 6.33 Å². The number of aromatic nitrogens is 2. The molecule has 3 heteroatoms. The van der Waals surface area contributed by atoms with Crippen LogP contribution in [0, 0.1) is 13.8 Å². The van der Waals surface area contributed by atoms with Crippen molar-refractivity contribution in [3.8, 4) is 22.5 Å². The number of hydrogen-bond donors (Lipinski definition) is 0. The molecule has 0 bridgehead atoms. The number of rotatable bonds is 3. The molecule has 0 saturated carbocycles. The zero-order chi connectivity index (χ0) is 24.2. The van der Waals surface area contributed by atoms with E-state index >= 15 is 0 Å². The van der Waals surface area contributed by atoms with Crippen LogP contribution in [-0.4, -0.2) is 4.57 Å². The molecule has 0 amide bonds. The zero-order valence-electron chi connectivity index (χ0n) is 20.3. The number of fused-ring (bicyclic) bond motifs is 4. The van der Waals surface area contributed by atoms with E-state index in [9.17, 15) is 0 Å². The molecular weight excluding hydrogens is 440 g/mol. The lowest BCUT2D eigenvalue weighted by molar-refractivity contribution is -0.567. The van der Waals surface area contributed by atoms with Crippen LogP contribution < -0.4 is 4.57 Å². The molecule has 0 saturated heterocycles. The average Bonchev–Trinajstić information content (AvgIpc) is 3.47. The molecule has 7 aromatic rings. The van der Waals surface area contributed by atoms with Crippen LogP contribution in [0.25, 0.3) is 55.5 Å². The monoisotopic (exact) mass is 465 g/mol. The van der Waals surface area contributed by atoms with E-state index in [4.69, 9.17) is 4.42 Å². The molecular formula is C33H25N2O+. The minimum Gasteiger partial charge on any atom is -0.455 e. The third-order valence-electron chi connectivity index (χ3n) is 6.96. The Labute approximate surface area is 209 Å². The second-order valence-corrected chi connectivity index (χ2v) is 9.52. The van der Waals surface area contributed by atoms with Gasteiger partial charge >= 0.3 is 0 Å². The van der Waals surface area contributed by atoms with Crippen LogP contribution in [0.5, 0.6) is 0 Å². The molecule has 0 fully saturated rings. The Morgan fingerprint density at radius 2 is 1.42 bits per heavy atom. The molecule has 0 N–H and O–H groups in total. The Hall–Kier alpha value is -4.63. The first-order valence-electron chi connectivity index (χ1n) is 12.3. The van der Waals surface area contributed by atoms with E-state index in [-0.39, 0.29) is 0 Å². The van der Waals surface area contributed by atoms with E-state index in [2.05, 4.69) is 126 Å². The van der Waals surface area contributed by atoms with Gasteiger partial charge in [-0.05, 0) is 79.1 Å². The van der Waals surface area contributed by atoms with E-state index in [1.54, 1.807) is 0 Å². The molecule has 0 aliphatic carbocycles. The van der Waals surface area contributed by atoms with Crippen molar-refractivity contribution in [2.24, 2.45) is 0 Å². The Kier molecular flexibility index (Phi) is 4.58. The minimum atomic E-state index is 0.918. The maximum atomic E-state index is 6.35. The maximum absolute atomic E-state index is 6.35. The standard InChI is InChI=1S/C33H25N2O/c1-22-17-23(2)19-26(18-22)35-21-34(25-9-4-3-5-10-25)31-20-24(15-16-30(31)35)27-12-8-13-29-28-11-6-7-14-32(28)36-33(27)29/h3-21H,1-2H3/q+1. The third kappa shape index (κ3) is 3.24. The summed E-state index contributed by atoms with van der Waals surface area (Å²) in [7, 11) is 0. The smallest absolute Gasteiger partial charge is 0.255 e. The van der Waals surface area contributed by atoms with E-state index in [1.165, 1.54) is 16.8 Å². The predicted octanol–water partition coefficient (Wildman–Crippen LogP) is 8.09. The van der Waals surface area contributed by atoms with Crippen molar-refractivity contribution >= 4 is 33.0 Å². The van der Waals surface area contributed by atoms with Crippen LogP contribution in [0.15, 0.2) is 120 Å². The average molecular weight is 466 g/mol. The Morgan fingerprint density at radius 1 is 0.667 bits per heavy atom. The highest BCUT2D eigenvalue weighted by molar-refractivity contribution is 6.09. The fourth-order valence-electron chi connectivity index (χ4n) is 5.39. The Bertz CT molecular complexity index is 1890. The molecule has 0 radical (unpaired) electrons. The van der Waals surface area contributed by atoms with Gasteiger partial charge in [-0.1, -0.05) is 60.7 Å². The van der Waals surface area contributed by atoms with Crippen LogP contribution >= 0.6 is 0 Å². The van der Waals surface area contributed by atoms with Gasteiger partial charge in [0.05, 0.1) is 0 Å². The highest BCUT2D eigenvalue weighted by Gasteiger charge is 2.21. The maximum Gasteiger partial charge on any atom is 0.255 e. The normalized spacial score (nSPS) is 11.6. The first-order chi connectivity index (χ1) is 17.7. The molecule has 172 valence electrons. The van der Waals surface area contributed by atoms with E-state index < -0.39 is 0 Å². The van der Waals surface area contributed by atoms with Crippen molar-refractivity contribution in [1.29, 1.82) is 0 Å². The molecule has 7 rings (SSSR count). The minimum absolute atomic E-state index is 0.918. The summed E-state index contributed by atoms with van der Waals surface area (Å²) in [5.74, 6) is 0. The van der Waals surface area contributed by atoms with Crippen molar-refractivity contribution in [2.45, 2.75) is 13.8 Å². The molecule has 2 heterocycles. The number of hydrogen-bond acceptors (Lipinski definition) is 1. The van der Waals surface area contributed by atoms with Crippen LogP contribution in [0.1, 0.15) is 11.1 Å². The summed E-state index contributed by atoms with van der Waals surface area (Å²) in [6.45, 7) is 4.30. The van der Waals surface area contributed by atoms with Gasteiger partial charge in [-0.25, -0.2) is 0 Å². The summed E-state index contributed by atoms with van der Waals surface area (Å²) in [5, 5.41) is 2.29. The molecule has 0 unspecified atom stereocenters. The quantitative estimate of drug-likeness (QED) is 0.242. The fraction of sp³-hybridized carbons (Fsp3) is 0.0606. The lowest BCUT2D eigenvalue weighted by Crippen LogP contribution is -2.28. The summed E-state index contributed by atoms with van der Waals surface area (Å²) in [6, 6.07) is 38.6. The number of benzene rings is 5. The van der Waals surface area contributed by atoms with E-state index in [0.717, 1.165) is 49.8 Å². The van der Waals surface area contributed by atoms with Crippen molar-refractivity contribution in [3.63, 3.8) is 0 Å². The molecule has 0 aliphatic rings. The first-order valence-corrected chi connectivity index (χ1v) is 12.3. The van der Waals surface area contributed by atoms with Crippen molar-refractivity contribution in [3.05, 3.63) is 127 Å². The summed E-state index contributed by atoms with van der Waals surface area (Å²) < 4.78 is 10.9. The number of nitrogens with zero attached hydrogens (tertiary/aromatic N) is 2. The van der Waals surface area contributed by atoms with Crippen molar-refractivity contribution in [2.75, 3.05) is 0 Å². The lowest BCUT2D eigenvalue weighted by atomic mass is 10.0. The van der Waals surface area contributed by atoms with Gasteiger partial charge in [0.15, 0.2) is 11.0 Å². The summed E-state index contributed by atoms with van der Waals surface area (Å²) in [6.07, 6.45) is 2.19. The van der Waals surface area contributed by atoms with Crippen molar-refractivity contribution in [1.82, 2.24) is 4.57 Å². The molecule has 0 atom stereocenters. The van der Waals surface area contributed by atoms with Gasteiger partial charge in [-0.3, -0.25) is 0 Å². The second kappa shape index (κ2) is 7.96. The number of furan rings is 1. The van der Waals surface area contributed by atoms with Crippen molar-refractivity contribution < 1.29 is 8.98 Å². The van der Waals surface area contributed by atoms with Crippen LogP contribution in [0.3, 0.4) is 0 Å². The molecule has 0 spiro atoms. The highest BCUT2D eigenvalue weighted by atomic mass is 16.3. The van der Waals surface area contributed by atoms with Gasteiger partial charge < -0.3 is 4.42 Å². The lowest BCUT2D eigenvalue weighted by Gasteiger charge is -2.04. The van der Waals surface area contributed by atoms with Gasteiger partial charge in [-0.15, -0.1) is 0 Å². The topological polar surface area (TPSA) is 21.9 Å². The van der Waals surface area contributed by atoms with Gasteiger partial charge in [0, 0.05) is 16.3 Å². The third-order valence-corrected chi connectivity index (χ3v) is 6.96. The summed E-state index contributed by atoms with van der Waals surface area (Å²) in [5.41, 5.74) is 11.2. The van der Waals surface area contributed by atoms with Crippen LogP contribution in [-0.2, 0) is 0 Å². The van der Waals surface area contributed by atoms with Gasteiger partial charge in [0.1, 0.15) is 22.5 Å². The fourth-order valence-corrected chi connectivity index (χ4v) is 5.39. The molecule has 5 aromatic carbocycles. The summed E-state index contributed by atoms with van der Waals surface area (Å²) in [4.78, 5) is 0. The molecule has 2 aromatic heterocycles. The second-order valence-electron chi connectivity index (χ2n) is 9.52. The summed E-state index contributed by atoms with van der Waals surface area (Å²) >= 11 is 0. The van der Waals surface area contributed by atoms with Gasteiger partial charge in [-0.2, -0.15) is 9.13 Å². The predicted molar refractivity (Wildman–Crippen MR) is 147 cm³/mol. The molecule has 0 aliphatic heterocycles. The number of imidazole rings is 1. The van der Waals surface area contributed by atoms with Gasteiger partial charge in [0.2, 0.25) is 0 Å². The molecule has 36 heavy (non-hydrogen) atoms. The molecule has 3 nitrogen and oxygen atoms in total. The Morgan fingerprint density at radius 3 is 2.25 bits per heavy atom.